The van der Waals surface area contributed by atoms with Crippen molar-refractivity contribution in [1.29, 1.82) is 0 Å². The van der Waals surface area contributed by atoms with Gasteiger partial charge in [-0.15, -0.1) is 0 Å². The highest BCUT2D eigenvalue weighted by atomic mass is 16.2. The molecule has 26 heavy (non-hydrogen) atoms. The van der Waals surface area contributed by atoms with Crippen LogP contribution in [0.2, 0.25) is 0 Å². The molecule has 1 aliphatic carbocycles. The fraction of sp³-hybridized carbons (Fsp3) is 0.850. The number of amides is 4. The molecule has 1 N–H and O–H groups in total. The molecule has 0 aromatic heterocycles. The molecule has 1 heterocycles. The lowest BCUT2D eigenvalue weighted by Gasteiger charge is -2.30. The molecular weight excluding hydrogens is 330 g/mol. The number of imide groups is 1. The van der Waals surface area contributed by atoms with E-state index in [-0.39, 0.29) is 36.9 Å². The Balaban J connectivity index is 1.93. The monoisotopic (exact) mass is 365 g/mol. The second-order valence-corrected chi connectivity index (χ2v) is 7.86. The fourth-order valence-corrected chi connectivity index (χ4v) is 4.24. The predicted octanol–water partition coefficient (Wildman–Crippen LogP) is 3.45. The lowest BCUT2D eigenvalue weighted by molar-refractivity contribution is -0.135. The van der Waals surface area contributed by atoms with E-state index in [4.69, 9.17) is 0 Å². The number of urea groups is 1. The molecule has 1 aliphatic heterocycles. The number of hydrogen-bond acceptors (Lipinski definition) is 3. The highest BCUT2D eigenvalue weighted by Gasteiger charge is 2.52. The first-order chi connectivity index (χ1) is 12.4. The molecule has 6 nitrogen and oxygen atoms in total. The summed E-state index contributed by atoms with van der Waals surface area (Å²) >= 11 is 0. The van der Waals surface area contributed by atoms with E-state index in [0.29, 0.717) is 0 Å². The van der Waals surface area contributed by atoms with Gasteiger partial charge in [-0.05, 0) is 32.6 Å². The SMILES string of the molecule is CCCCCN(C(=O)CCN1C(=O)NC2(CCCC2)C1=O)C(C)CCC. The number of carbonyl (C=O) groups is 3. The molecule has 0 radical (unpaired) electrons. The van der Waals surface area contributed by atoms with Gasteiger partial charge in [-0.3, -0.25) is 14.5 Å². The van der Waals surface area contributed by atoms with Gasteiger partial charge >= 0.3 is 6.03 Å². The lowest BCUT2D eigenvalue weighted by Crippen LogP contribution is -2.44. The Labute approximate surface area is 157 Å². The molecule has 2 fully saturated rings. The minimum Gasteiger partial charge on any atom is -0.340 e. The van der Waals surface area contributed by atoms with Crippen LogP contribution >= 0.6 is 0 Å². The molecular formula is C20H35N3O3. The van der Waals surface area contributed by atoms with Crippen molar-refractivity contribution in [3.05, 3.63) is 0 Å². The third kappa shape index (κ3) is 4.57. The molecule has 2 rings (SSSR count). The number of nitrogens with zero attached hydrogens (tertiary/aromatic N) is 2. The zero-order valence-electron chi connectivity index (χ0n) is 16.7. The van der Waals surface area contributed by atoms with Crippen molar-refractivity contribution in [3.63, 3.8) is 0 Å². The summed E-state index contributed by atoms with van der Waals surface area (Å²) in [6.45, 7) is 7.32. The summed E-state index contributed by atoms with van der Waals surface area (Å²) in [5, 5.41) is 2.88. The van der Waals surface area contributed by atoms with E-state index in [9.17, 15) is 14.4 Å². The van der Waals surface area contributed by atoms with E-state index < -0.39 is 5.54 Å². The van der Waals surface area contributed by atoms with Crippen LogP contribution in [0.15, 0.2) is 0 Å². The van der Waals surface area contributed by atoms with Crippen molar-refractivity contribution in [2.45, 2.75) is 96.6 Å². The van der Waals surface area contributed by atoms with Crippen molar-refractivity contribution in [3.8, 4) is 0 Å². The Morgan fingerprint density at radius 3 is 2.50 bits per heavy atom. The average molecular weight is 366 g/mol. The molecule has 0 aromatic carbocycles. The van der Waals surface area contributed by atoms with Crippen molar-refractivity contribution in [2.24, 2.45) is 0 Å². The van der Waals surface area contributed by atoms with Gasteiger partial charge in [-0.25, -0.2) is 4.79 Å². The van der Waals surface area contributed by atoms with Crippen molar-refractivity contribution in [2.75, 3.05) is 13.1 Å². The van der Waals surface area contributed by atoms with Crippen LogP contribution in [0.1, 0.15) is 85.0 Å². The lowest BCUT2D eigenvalue weighted by atomic mass is 9.98. The van der Waals surface area contributed by atoms with E-state index in [0.717, 1.165) is 64.3 Å². The zero-order chi connectivity index (χ0) is 19.2. The minimum absolute atomic E-state index is 0.0509. The van der Waals surface area contributed by atoms with Crippen molar-refractivity contribution in [1.82, 2.24) is 15.1 Å². The van der Waals surface area contributed by atoms with Gasteiger partial charge in [0.15, 0.2) is 0 Å². The summed E-state index contributed by atoms with van der Waals surface area (Å²) in [4.78, 5) is 40.9. The van der Waals surface area contributed by atoms with E-state index in [1.165, 1.54) is 4.90 Å². The molecule has 1 spiro atoms. The second-order valence-electron chi connectivity index (χ2n) is 7.86. The topological polar surface area (TPSA) is 69.7 Å². The minimum atomic E-state index is -0.684. The van der Waals surface area contributed by atoms with Gasteiger partial charge in [-0.2, -0.15) is 0 Å². The number of unbranched alkanes of at least 4 members (excludes halogenated alkanes) is 2. The number of nitrogens with one attached hydrogen (secondary N) is 1. The Bertz CT molecular complexity index is 514. The maximum Gasteiger partial charge on any atom is 0.325 e. The van der Waals surface area contributed by atoms with Gasteiger partial charge in [0.05, 0.1) is 0 Å². The highest BCUT2D eigenvalue weighted by Crippen LogP contribution is 2.35. The normalized spacial score (nSPS) is 19.9. The molecule has 1 unspecified atom stereocenters. The Morgan fingerprint density at radius 1 is 1.19 bits per heavy atom. The molecule has 4 amide bonds. The molecule has 6 heteroatoms. The van der Waals surface area contributed by atoms with Crippen LogP contribution in [-0.2, 0) is 9.59 Å². The summed E-state index contributed by atoms with van der Waals surface area (Å²) in [5.74, 6) is -0.0815. The van der Waals surface area contributed by atoms with Crippen LogP contribution in [-0.4, -0.2) is 52.3 Å². The van der Waals surface area contributed by atoms with Gasteiger partial charge < -0.3 is 10.2 Å². The quantitative estimate of drug-likeness (QED) is 0.476. The highest BCUT2D eigenvalue weighted by molar-refractivity contribution is 6.07. The van der Waals surface area contributed by atoms with Crippen LogP contribution in [0, 0.1) is 0 Å². The van der Waals surface area contributed by atoms with Crippen LogP contribution in [0.25, 0.3) is 0 Å². The summed E-state index contributed by atoms with van der Waals surface area (Å²) in [6.07, 6.45) is 8.84. The van der Waals surface area contributed by atoms with Gasteiger partial charge in [0.2, 0.25) is 5.91 Å². The molecule has 2 aliphatic rings. The predicted molar refractivity (Wildman–Crippen MR) is 102 cm³/mol. The van der Waals surface area contributed by atoms with Crippen molar-refractivity contribution < 1.29 is 14.4 Å². The zero-order valence-corrected chi connectivity index (χ0v) is 16.7. The summed E-state index contributed by atoms with van der Waals surface area (Å²) < 4.78 is 0. The van der Waals surface area contributed by atoms with E-state index >= 15 is 0 Å². The van der Waals surface area contributed by atoms with Crippen LogP contribution < -0.4 is 5.32 Å². The number of carbonyl (C=O) groups excluding carboxylic acids is 3. The smallest absolute Gasteiger partial charge is 0.325 e. The summed E-state index contributed by atoms with van der Waals surface area (Å²) in [7, 11) is 0. The van der Waals surface area contributed by atoms with Crippen LogP contribution in [0.4, 0.5) is 4.79 Å². The molecule has 1 saturated carbocycles. The van der Waals surface area contributed by atoms with Gasteiger partial charge in [0, 0.05) is 25.6 Å². The summed E-state index contributed by atoms with van der Waals surface area (Å²) in [5.41, 5.74) is -0.684. The van der Waals surface area contributed by atoms with E-state index in [2.05, 4.69) is 26.1 Å². The van der Waals surface area contributed by atoms with Gasteiger partial charge in [-0.1, -0.05) is 46.0 Å². The standard InChI is InChI=1S/C20H35N3O3/c1-4-6-9-14-22(16(3)10-5-2)17(24)11-15-23-18(25)20(21-19(23)26)12-7-8-13-20/h16H,4-15H2,1-3H3,(H,21,26). The van der Waals surface area contributed by atoms with Crippen LogP contribution in [0.5, 0.6) is 0 Å². The Hall–Kier alpha value is -1.59. The third-order valence-electron chi connectivity index (χ3n) is 5.81. The Kier molecular flexibility index (Phi) is 7.47. The first-order valence-corrected chi connectivity index (χ1v) is 10.4. The van der Waals surface area contributed by atoms with Gasteiger partial charge in [0.1, 0.15) is 5.54 Å². The number of hydrogen-bond donors (Lipinski definition) is 1. The Morgan fingerprint density at radius 2 is 1.88 bits per heavy atom. The second kappa shape index (κ2) is 9.38. The first-order valence-electron chi connectivity index (χ1n) is 10.4. The molecule has 1 atom stereocenters. The largest absolute Gasteiger partial charge is 0.340 e. The van der Waals surface area contributed by atoms with Gasteiger partial charge in [0.25, 0.3) is 5.91 Å². The first kappa shape index (κ1) is 20.7. The number of rotatable bonds is 10. The maximum absolute atomic E-state index is 12.8. The fourth-order valence-electron chi connectivity index (χ4n) is 4.24. The third-order valence-corrected chi connectivity index (χ3v) is 5.81. The molecule has 0 aromatic rings. The molecule has 148 valence electrons. The van der Waals surface area contributed by atoms with E-state index in [1.54, 1.807) is 0 Å². The van der Waals surface area contributed by atoms with Crippen molar-refractivity contribution >= 4 is 17.8 Å². The average Bonchev–Trinajstić information content (AvgIpc) is 3.16. The van der Waals surface area contributed by atoms with E-state index in [1.807, 2.05) is 4.90 Å². The molecule has 0 bridgehead atoms. The maximum atomic E-state index is 12.8. The summed E-state index contributed by atoms with van der Waals surface area (Å²) in [6, 6.07) is -0.127. The molecule has 1 saturated heterocycles. The van der Waals surface area contributed by atoms with Crippen LogP contribution in [0.3, 0.4) is 0 Å².